The molecule has 2 heterocycles. The summed E-state index contributed by atoms with van der Waals surface area (Å²) in [4.78, 5) is 58.7. The van der Waals surface area contributed by atoms with Gasteiger partial charge in [0.2, 0.25) is 11.8 Å². The number of carbonyl (C=O) groups is 4. The molecule has 3 fully saturated rings. The van der Waals surface area contributed by atoms with Crippen LogP contribution in [0.15, 0.2) is 43.1 Å². The highest BCUT2D eigenvalue weighted by Gasteiger charge is 2.61. The number of benzene rings is 1. The van der Waals surface area contributed by atoms with Crippen molar-refractivity contribution in [3.8, 4) is 5.75 Å². The normalized spacial score (nSPS) is 25.7. The number of amides is 3. The van der Waals surface area contributed by atoms with E-state index in [-0.39, 0.29) is 25.5 Å². The topological polar surface area (TPSA) is 147 Å². The van der Waals surface area contributed by atoms with E-state index in [1.807, 2.05) is 20.8 Å². The van der Waals surface area contributed by atoms with Crippen LogP contribution >= 0.6 is 11.6 Å². The molecule has 12 heteroatoms. The zero-order valence-corrected chi connectivity index (χ0v) is 25.9. The molecule has 3 aliphatic rings. The van der Waals surface area contributed by atoms with Gasteiger partial charge in [-0.25, -0.2) is 9.59 Å². The number of hydrogen-bond donors (Lipinski definition) is 3. The van der Waals surface area contributed by atoms with Crippen LogP contribution in [0.2, 0.25) is 5.02 Å². The van der Waals surface area contributed by atoms with E-state index in [9.17, 15) is 24.3 Å². The molecule has 1 aliphatic heterocycles. The number of hydrogen-bond acceptors (Lipinski definition) is 7. The maximum Gasteiger partial charge on any atom is 0.408 e. The van der Waals surface area contributed by atoms with E-state index in [1.165, 1.54) is 11.0 Å². The number of nitrogens with one attached hydrogen (secondary N) is 2. The van der Waals surface area contributed by atoms with Crippen molar-refractivity contribution in [3.63, 3.8) is 0 Å². The van der Waals surface area contributed by atoms with Gasteiger partial charge in [-0.2, -0.15) is 0 Å². The Balaban J connectivity index is 1.41. The summed E-state index contributed by atoms with van der Waals surface area (Å²) >= 11 is 6.14. The third kappa shape index (κ3) is 6.47. The molecule has 2 aromatic rings. The van der Waals surface area contributed by atoms with Crippen molar-refractivity contribution in [3.05, 3.63) is 48.1 Å². The third-order valence-corrected chi connectivity index (χ3v) is 9.02. The summed E-state index contributed by atoms with van der Waals surface area (Å²) in [5.41, 5.74) is -1.58. The van der Waals surface area contributed by atoms with Gasteiger partial charge in [0.25, 0.3) is 0 Å². The molecule has 236 valence electrons. The minimum Gasteiger partial charge on any atom is -0.488 e. The average molecular weight is 627 g/mol. The van der Waals surface area contributed by atoms with Crippen LogP contribution in [0, 0.1) is 11.3 Å². The van der Waals surface area contributed by atoms with Crippen molar-refractivity contribution < 1.29 is 33.8 Å². The minimum atomic E-state index is -1.47. The van der Waals surface area contributed by atoms with Crippen LogP contribution in [0.4, 0.5) is 4.79 Å². The van der Waals surface area contributed by atoms with Crippen LogP contribution in [0.5, 0.6) is 5.75 Å². The Morgan fingerprint density at radius 3 is 2.55 bits per heavy atom. The van der Waals surface area contributed by atoms with E-state index in [0.29, 0.717) is 21.7 Å². The summed E-state index contributed by atoms with van der Waals surface area (Å²) in [6, 6.07) is 4.86. The quantitative estimate of drug-likeness (QED) is 0.346. The van der Waals surface area contributed by atoms with E-state index in [0.717, 1.165) is 25.7 Å². The Morgan fingerprint density at radius 2 is 1.91 bits per heavy atom. The number of carboxylic acid groups (broad SMARTS) is 1. The van der Waals surface area contributed by atoms with Gasteiger partial charge in [-0.3, -0.25) is 14.6 Å². The standard InChI is InChI=1S/C32H39ClN4O7/c1-5-18-16-32(18,29(40)41)36-27(38)24-15-21(43-25-12-13-34-23-14-19(33)10-11-22(23)25)17-37(24)28(39)26(31(2,3)4)35-30(42)44-20-8-6-7-9-20/h5,10-14,18,20-21,24,26H,1,6-9,15-17H2,2-4H3,(H,35,42)(H,36,38)(H,40,41). The molecule has 5 rings (SSSR count). The molecule has 1 aromatic carbocycles. The van der Waals surface area contributed by atoms with Crippen molar-refractivity contribution in [2.45, 2.75) is 89.1 Å². The molecule has 0 spiro atoms. The van der Waals surface area contributed by atoms with Crippen LogP contribution in [0.3, 0.4) is 0 Å². The number of ether oxygens (including phenoxy) is 2. The lowest BCUT2D eigenvalue weighted by molar-refractivity contribution is -0.146. The van der Waals surface area contributed by atoms with Crippen molar-refractivity contribution >= 4 is 46.4 Å². The van der Waals surface area contributed by atoms with Gasteiger partial charge in [0.05, 0.1) is 12.1 Å². The van der Waals surface area contributed by atoms with Crippen molar-refractivity contribution in [1.82, 2.24) is 20.5 Å². The Labute approximate surface area is 261 Å². The maximum atomic E-state index is 14.2. The fourth-order valence-corrected chi connectivity index (χ4v) is 6.36. The minimum absolute atomic E-state index is 0.0330. The Morgan fingerprint density at radius 1 is 1.18 bits per heavy atom. The van der Waals surface area contributed by atoms with Gasteiger partial charge in [0.1, 0.15) is 35.6 Å². The molecular weight excluding hydrogens is 588 g/mol. The first-order valence-corrected chi connectivity index (χ1v) is 15.4. The molecule has 5 unspecified atom stereocenters. The number of rotatable bonds is 9. The number of fused-ring (bicyclic) bond motifs is 1. The van der Waals surface area contributed by atoms with Crippen molar-refractivity contribution in [2.75, 3.05) is 6.54 Å². The Hall–Kier alpha value is -3.86. The van der Waals surface area contributed by atoms with Crippen LogP contribution in [-0.2, 0) is 19.1 Å². The predicted octanol–water partition coefficient (Wildman–Crippen LogP) is 4.47. The number of likely N-dealkylation sites (tertiary alicyclic amines) is 1. The molecule has 0 bridgehead atoms. The highest BCUT2D eigenvalue weighted by molar-refractivity contribution is 6.31. The average Bonchev–Trinajstić information content (AvgIpc) is 3.24. The van der Waals surface area contributed by atoms with Crippen LogP contribution in [0.25, 0.3) is 10.9 Å². The third-order valence-electron chi connectivity index (χ3n) is 8.79. The molecule has 0 radical (unpaired) electrons. The van der Waals surface area contributed by atoms with E-state index in [2.05, 4.69) is 22.2 Å². The van der Waals surface area contributed by atoms with Crippen molar-refractivity contribution in [1.29, 1.82) is 0 Å². The largest absolute Gasteiger partial charge is 0.488 e. The zero-order chi connectivity index (χ0) is 31.8. The molecule has 5 atom stereocenters. The van der Waals surface area contributed by atoms with E-state index >= 15 is 0 Å². The first-order chi connectivity index (χ1) is 20.8. The lowest BCUT2D eigenvalue weighted by atomic mass is 9.85. The summed E-state index contributed by atoms with van der Waals surface area (Å²) < 4.78 is 11.9. The fraction of sp³-hybridized carbons (Fsp3) is 0.531. The number of nitrogens with zero attached hydrogens (tertiary/aromatic N) is 2. The molecule has 1 saturated heterocycles. The van der Waals surface area contributed by atoms with E-state index in [4.69, 9.17) is 21.1 Å². The van der Waals surface area contributed by atoms with Gasteiger partial charge in [0, 0.05) is 28.9 Å². The van der Waals surface area contributed by atoms with Crippen LogP contribution < -0.4 is 15.4 Å². The molecule has 1 aromatic heterocycles. The first kappa shape index (κ1) is 31.6. The number of aromatic nitrogens is 1. The van der Waals surface area contributed by atoms with Gasteiger partial charge in [0.15, 0.2) is 0 Å². The molecular formula is C32H39ClN4O7. The number of carboxylic acids is 1. The monoisotopic (exact) mass is 626 g/mol. The Kier molecular flexibility index (Phi) is 8.80. The van der Waals surface area contributed by atoms with Gasteiger partial charge in [-0.15, -0.1) is 6.58 Å². The summed E-state index contributed by atoms with van der Waals surface area (Å²) in [6.07, 6.45) is 5.45. The number of halogens is 1. The fourth-order valence-electron chi connectivity index (χ4n) is 6.19. The number of pyridine rings is 1. The molecule has 2 aliphatic carbocycles. The van der Waals surface area contributed by atoms with E-state index in [1.54, 1.807) is 30.5 Å². The highest BCUT2D eigenvalue weighted by atomic mass is 35.5. The number of carbonyl (C=O) groups excluding carboxylic acids is 3. The SMILES string of the molecule is C=CC1CC1(NC(=O)C1CC(Oc2ccnc3cc(Cl)ccc23)CN1C(=O)C(NC(=O)OC1CCCC1)C(C)(C)C)C(=O)O. The van der Waals surface area contributed by atoms with Gasteiger partial charge >= 0.3 is 12.1 Å². The second-order valence-electron chi connectivity index (χ2n) is 13.0. The summed E-state index contributed by atoms with van der Waals surface area (Å²) in [5, 5.41) is 16.6. The molecule has 3 amide bonds. The van der Waals surface area contributed by atoms with Crippen LogP contribution in [0.1, 0.15) is 59.3 Å². The van der Waals surface area contributed by atoms with Crippen molar-refractivity contribution in [2.24, 2.45) is 11.3 Å². The molecule has 3 N–H and O–H groups in total. The van der Waals surface area contributed by atoms with E-state index < -0.39 is 58.9 Å². The number of aliphatic carboxylic acids is 1. The second-order valence-corrected chi connectivity index (χ2v) is 13.5. The molecule has 2 saturated carbocycles. The molecule has 11 nitrogen and oxygen atoms in total. The lowest BCUT2D eigenvalue weighted by Gasteiger charge is -2.35. The maximum absolute atomic E-state index is 14.2. The second kappa shape index (κ2) is 12.3. The summed E-state index contributed by atoms with van der Waals surface area (Å²) in [6.45, 7) is 9.17. The smallest absolute Gasteiger partial charge is 0.408 e. The van der Waals surface area contributed by atoms with Gasteiger partial charge in [-0.05, 0) is 61.8 Å². The summed E-state index contributed by atoms with van der Waals surface area (Å²) in [5.74, 6) is -2.18. The van der Waals surface area contributed by atoms with Gasteiger partial charge in [-0.1, -0.05) is 38.4 Å². The lowest BCUT2D eigenvalue weighted by Crippen LogP contribution is -2.59. The zero-order valence-electron chi connectivity index (χ0n) is 25.2. The Bertz CT molecular complexity index is 1470. The highest BCUT2D eigenvalue weighted by Crippen LogP contribution is 2.45. The first-order valence-electron chi connectivity index (χ1n) is 15.0. The molecule has 44 heavy (non-hydrogen) atoms. The summed E-state index contributed by atoms with van der Waals surface area (Å²) in [7, 11) is 0. The number of alkyl carbamates (subject to hydrolysis) is 1. The van der Waals surface area contributed by atoms with Gasteiger partial charge < -0.3 is 30.1 Å². The predicted molar refractivity (Wildman–Crippen MR) is 163 cm³/mol. The van der Waals surface area contributed by atoms with Crippen LogP contribution in [-0.4, -0.2) is 75.2 Å².